The van der Waals surface area contributed by atoms with Crippen molar-refractivity contribution in [2.45, 2.75) is 38.7 Å². The Labute approximate surface area is 213 Å². The van der Waals surface area contributed by atoms with Crippen molar-refractivity contribution >= 4 is 29.2 Å². The molecule has 3 aromatic rings. The minimum Gasteiger partial charge on any atom is -0.462 e. The number of thiophene rings is 1. The number of ketones is 1. The van der Waals surface area contributed by atoms with E-state index < -0.39 is 17.9 Å². The third-order valence-electron chi connectivity index (χ3n) is 6.17. The Bertz CT molecular complexity index is 1230. The van der Waals surface area contributed by atoms with Crippen LogP contribution in [0.15, 0.2) is 60.0 Å². The molecule has 0 bridgehead atoms. The predicted octanol–water partition coefficient (Wildman–Crippen LogP) is 6.01. The molecule has 0 saturated carbocycles. The number of hydrogen-bond donors (Lipinski definition) is 0. The Hall–Kier alpha value is -3.52. The number of esters is 1. The van der Waals surface area contributed by atoms with Gasteiger partial charge in [-0.2, -0.15) is 0 Å². The number of ether oxygens (including phenoxy) is 2. The zero-order valence-corrected chi connectivity index (χ0v) is 20.9. The van der Waals surface area contributed by atoms with Gasteiger partial charge < -0.3 is 14.4 Å². The van der Waals surface area contributed by atoms with Gasteiger partial charge >= 0.3 is 12.1 Å². The van der Waals surface area contributed by atoms with Crippen molar-refractivity contribution in [2.75, 3.05) is 19.7 Å². The molecule has 1 fully saturated rings. The molecule has 2 heterocycles. The van der Waals surface area contributed by atoms with Crippen LogP contribution in [0.3, 0.4) is 0 Å². The van der Waals surface area contributed by atoms with Crippen molar-refractivity contribution in [1.82, 2.24) is 4.90 Å². The number of halogens is 1. The molecule has 1 amide bonds. The molecule has 1 aromatic heterocycles. The minimum atomic E-state index is -0.487. The summed E-state index contributed by atoms with van der Waals surface area (Å²) in [5.41, 5.74) is 2.33. The van der Waals surface area contributed by atoms with Crippen LogP contribution in [0.1, 0.15) is 62.4 Å². The van der Waals surface area contributed by atoms with Crippen LogP contribution in [0, 0.1) is 5.82 Å². The van der Waals surface area contributed by atoms with E-state index in [4.69, 9.17) is 9.47 Å². The van der Waals surface area contributed by atoms with Gasteiger partial charge in [0.05, 0.1) is 12.2 Å². The molecule has 0 aliphatic carbocycles. The van der Waals surface area contributed by atoms with E-state index in [1.165, 1.54) is 29.5 Å². The summed E-state index contributed by atoms with van der Waals surface area (Å²) in [6.07, 6.45) is 1.14. The molecule has 1 aliphatic heterocycles. The fraction of sp³-hybridized carbons (Fsp3) is 0.321. The number of hydrogen-bond acceptors (Lipinski definition) is 6. The molecule has 0 spiro atoms. The SMILES string of the molecule is CCOC(=O)c1c(C2CCCN(C(=O)OCc3ccccc3)C2)csc1CC(=O)c1cccc(F)c1. The molecular formula is C28H28FNO5S. The molecule has 8 heteroatoms. The summed E-state index contributed by atoms with van der Waals surface area (Å²) in [6.45, 7) is 3.11. The number of rotatable bonds is 8. The van der Waals surface area contributed by atoms with Crippen molar-refractivity contribution in [3.8, 4) is 0 Å². The second kappa shape index (κ2) is 11.9. The van der Waals surface area contributed by atoms with E-state index in [9.17, 15) is 18.8 Å². The summed E-state index contributed by atoms with van der Waals surface area (Å²) in [6, 6.07) is 15.0. The predicted molar refractivity (Wildman–Crippen MR) is 135 cm³/mol. The lowest BCUT2D eigenvalue weighted by Crippen LogP contribution is -2.39. The Morgan fingerprint density at radius 3 is 2.64 bits per heavy atom. The quantitative estimate of drug-likeness (QED) is 0.275. The normalized spacial score (nSPS) is 15.4. The Kier molecular flexibility index (Phi) is 8.48. The highest BCUT2D eigenvalue weighted by molar-refractivity contribution is 7.10. The molecule has 1 saturated heterocycles. The number of Topliss-reactive ketones (excluding diaryl/α,β-unsaturated/α-hetero) is 1. The van der Waals surface area contributed by atoms with Gasteiger partial charge in [0.25, 0.3) is 0 Å². The summed E-state index contributed by atoms with van der Waals surface area (Å²) in [4.78, 5) is 40.8. The summed E-state index contributed by atoms with van der Waals surface area (Å²) in [5.74, 6) is -1.33. The highest BCUT2D eigenvalue weighted by Crippen LogP contribution is 2.36. The average molecular weight is 510 g/mol. The zero-order valence-electron chi connectivity index (χ0n) is 20.1. The topological polar surface area (TPSA) is 72.9 Å². The highest BCUT2D eigenvalue weighted by atomic mass is 32.1. The smallest absolute Gasteiger partial charge is 0.410 e. The van der Waals surface area contributed by atoms with Crippen LogP contribution in [0.25, 0.3) is 0 Å². The van der Waals surface area contributed by atoms with Gasteiger partial charge in [-0.15, -0.1) is 11.3 Å². The van der Waals surface area contributed by atoms with Gasteiger partial charge in [-0.3, -0.25) is 4.79 Å². The van der Waals surface area contributed by atoms with Crippen LogP contribution >= 0.6 is 11.3 Å². The van der Waals surface area contributed by atoms with Gasteiger partial charge in [-0.25, -0.2) is 14.0 Å². The molecule has 1 unspecified atom stereocenters. The molecular weight excluding hydrogens is 481 g/mol. The lowest BCUT2D eigenvalue weighted by molar-refractivity contribution is 0.0523. The van der Waals surface area contributed by atoms with E-state index in [-0.39, 0.29) is 36.9 Å². The standard InChI is InChI=1S/C28H28FNO5S/c1-2-34-27(32)26-23(18-36-25(26)15-24(31)20-10-6-12-22(29)14-20)21-11-7-13-30(16-21)28(33)35-17-19-8-4-3-5-9-19/h3-6,8-10,12,14,18,21H,2,7,11,13,15-17H2,1H3. The van der Waals surface area contributed by atoms with Gasteiger partial charge in [0, 0.05) is 35.9 Å². The maximum absolute atomic E-state index is 13.6. The Balaban J connectivity index is 1.51. The Morgan fingerprint density at radius 2 is 1.89 bits per heavy atom. The molecule has 4 rings (SSSR count). The van der Waals surface area contributed by atoms with Gasteiger partial charge in [0.2, 0.25) is 0 Å². The van der Waals surface area contributed by atoms with Crippen molar-refractivity contribution in [3.63, 3.8) is 0 Å². The summed E-state index contributed by atoms with van der Waals surface area (Å²) in [7, 11) is 0. The van der Waals surface area contributed by atoms with Crippen LogP contribution < -0.4 is 0 Å². The highest BCUT2D eigenvalue weighted by Gasteiger charge is 2.31. The minimum absolute atomic E-state index is 0.0299. The number of likely N-dealkylation sites (tertiary alicyclic amines) is 1. The molecule has 6 nitrogen and oxygen atoms in total. The van der Waals surface area contributed by atoms with Gasteiger partial charge in [-0.1, -0.05) is 42.5 Å². The van der Waals surface area contributed by atoms with E-state index >= 15 is 0 Å². The average Bonchev–Trinajstić information content (AvgIpc) is 3.31. The lowest BCUT2D eigenvalue weighted by Gasteiger charge is -2.32. The third kappa shape index (κ3) is 6.18. The first-order valence-electron chi connectivity index (χ1n) is 12.0. The van der Waals surface area contributed by atoms with Crippen LogP contribution in [-0.4, -0.2) is 42.4 Å². The first-order chi connectivity index (χ1) is 17.5. The second-order valence-electron chi connectivity index (χ2n) is 8.65. The van der Waals surface area contributed by atoms with Crippen LogP contribution in [-0.2, 0) is 22.5 Å². The maximum Gasteiger partial charge on any atom is 0.410 e. The molecule has 2 aromatic carbocycles. The summed E-state index contributed by atoms with van der Waals surface area (Å²) >= 11 is 1.32. The maximum atomic E-state index is 13.6. The summed E-state index contributed by atoms with van der Waals surface area (Å²) < 4.78 is 24.4. The van der Waals surface area contributed by atoms with Gasteiger partial charge in [0.1, 0.15) is 12.4 Å². The van der Waals surface area contributed by atoms with Crippen LogP contribution in [0.5, 0.6) is 0 Å². The molecule has 188 valence electrons. The molecule has 1 atom stereocenters. The number of carbonyl (C=O) groups excluding carboxylic acids is 3. The van der Waals surface area contributed by atoms with E-state index in [1.54, 1.807) is 17.9 Å². The van der Waals surface area contributed by atoms with Crippen molar-refractivity contribution in [3.05, 3.63) is 92.9 Å². The second-order valence-corrected chi connectivity index (χ2v) is 9.61. The van der Waals surface area contributed by atoms with E-state index in [0.717, 1.165) is 24.0 Å². The lowest BCUT2D eigenvalue weighted by atomic mass is 9.89. The number of carbonyl (C=O) groups is 3. The van der Waals surface area contributed by atoms with E-state index in [1.807, 2.05) is 35.7 Å². The molecule has 0 radical (unpaired) electrons. The van der Waals surface area contributed by atoms with E-state index in [2.05, 4.69) is 0 Å². The zero-order chi connectivity index (χ0) is 25.5. The van der Waals surface area contributed by atoms with Gasteiger partial charge in [0.15, 0.2) is 5.78 Å². The fourth-order valence-electron chi connectivity index (χ4n) is 4.40. The fourth-order valence-corrected chi connectivity index (χ4v) is 5.51. The monoisotopic (exact) mass is 509 g/mol. The molecule has 0 N–H and O–H groups in total. The Morgan fingerprint density at radius 1 is 1.08 bits per heavy atom. The van der Waals surface area contributed by atoms with Gasteiger partial charge in [-0.05, 0) is 48.4 Å². The number of amides is 1. The third-order valence-corrected chi connectivity index (χ3v) is 7.17. The van der Waals surface area contributed by atoms with Crippen molar-refractivity contribution < 1.29 is 28.2 Å². The number of benzene rings is 2. The van der Waals surface area contributed by atoms with Crippen molar-refractivity contribution in [2.24, 2.45) is 0 Å². The van der Waals surface area contributed by atoms with Crippen LogP contribution in [0.2, 0.25) is 0 Å². The number of nitrogens with zero attached hydrogens (tertiary/aromatic N) is 1. The number of piperidine rings is 1. The van der Waals surface area contributed by atoms with Crippen molar-refractivity contribution in [1.29, 1.82) is 0 Å². The van der Waals surface area contributed by atoms with E-state index in [0.29, 0.717) is 23.5 Å². The molecule has 36 heavy (non-hydrogen) atoms. The first-order valence-corrected chi connectivity index (χ1v) is 12.9. The largest absolute Gasteiger partial charge is 0.462 e. The first kappa shape index (κ1) is 25.6. The summed E-state index contributed by atoms with van der Waals surface area (Å²) in [5, 5.41) is 1.88. The van der Waals surface area contributed by atoms with Crippen LogP contribution in [0.4, 0.5) is 9.18 Å². The molecule has 1 aliphatic rings.